The summed E-state index contributed by atoms with van der Waals surface area (Å²) < 4.78 is 2.70. The van der Waals surface area contributed by atoms with Gasteiger partial charge in [0, 0.05) is 31.0 Å². The fourth-order valence-corrected chi connectivity index (χ4v) is 3.03. The Labute approximate surface area is 161 Å². The molecular weight excluding hydrogens is 360 g/mol. The van der Waals surface area contributed by atoms with Crippen molar-refractivity contribution in [1.29, 1.82) is 0 Å². The average Bonchev–Trinajstić information content (AvgIpc) is 3.32. The van der Waals surface area contributed by atoms with E-state index in [4.69, 9.17) is 0 Å². The number of aromatic nitrogens is 5. The summed E-state index contributed by atoms with van der Waals surface area (Å²) in [6, 6.07) is 1.73. The van der Waals surface area contributed by atoms with Gasteiger partial charge < -0.3 is 10.4 Å². The number of nitrogens with zero attached hydrogens (tertiary/aromatic N) is 5. The van der Waals surface area contributed by atoms with Gasteiger partial charge in [0.2, 0.25) is 5.88 Å². The van der Waals surface area contributed by atoms with Crippen molar-refractivity contribution in [3.8, 4) is 17.3 Å². The molecular formula is C19H22N6O3. The van der Waals surface area contributed by atoms with Crippen LogP contribution in [0.4, 0.5) is 0 Å². The first-order chi connectivity index (χ1) is 13.2. The third-order valence-corrected chi connectivity index (χ3v) is 4.45. The monoisotopic (exact) mass is 382 g/mol. The van der Waals surface area contributed by atoms with Crippen LogP contribution in [0.2, 0.25) is 0 Å². The van der Waals surface area contributed by atoms with Crippen molar-refractivity contribution in [3.63, 3.8) is 0 Å². The maximum Gasteiger partial charge on any atom is 0.291 e. The quantitative estimate of drug-likeness (QED) is 0.708. The molecule has 146 valence electrons. The second kappa shape index (κ2) is 6.43. The lowest BCUT2D eigenvalue weighted by molar-refractivity contribution is 0.0944. The number of rotatable bonds is 4. The predicted octanol–water partition coefficient (Wildman–Crippen LogP) is 1.60. The fraction of sp³-hybridized carbons (Fsp3) is 0.421. The molecule has 0 saturated heterocycles. The van der Waals surface area contributed by atoms with E-state index in [0.29, 0.717) is 23.6 Å². The molecule has 0 atom stereocenters. The van der Waals surface area contributed by atoms with Crippen LogP contribution in [0.5, 0.6) is 5.88 Å². The number of carbonyl (C=O) groups is 1. The summed E-state index contributed by atoms with van der Waals surface area (Å²) in [5.41, 5.74) is 0.154. The van der Waals surface area contributed by atoms with E-state index in [2.05, 4.69) is 20.4 Å². The van der Waals surface area contributed by atoms with Crippen LogP contribution < -0.4 is 10.9 Å². The van der Waals surface area contributed by atoms with E-state index in [1.165, 1.54) is 6.20 Å². The summed E-state index contributed by atoms with van der Waals surface area (Å²) in [6.45, 7) is 6.40. The van der Waals surface area contributed by atoms with Crippen molar-refractivity contribution in [3.05, 3.63) is 40.6 Å². The highest BCUT2D eigenvalue weighted by Crippen LogP contribution is 2.27. The first-order valence-corrected chi connectivity index (χ1v) is 9.17. The number of aromatic hydroxyl groups is 1. The van der Waals surface area contributed by atoms with Gasteiger partial charge >= 0.3 is 0 Å². The minimum atomic E-state index is -0.661. The Morgan fingerprint density at radius 3 is 2.64 bits per heavy atom. The van der Waals surface area contributed by atoms with Gasteiger partial charge in [-0.25, -0.2) is 0 Å². The lowest BCUT2D eigenvalue weighted by Gasteiger charge is -2.23. The Bertz CT molecular complexity index is 1110. The van der Waals surface area contributed by atoms with E-state index in [0.717, 1.165) is 17.4 Å². The predicted molar refractivity (Wildman–Crippen MR) is 102 cm³/mol. The first kappa shape index (κ1) is 18.1. The highest BCUT2D eigenvalue weighted by molar-refractivity contribution is 5.96. The zero-order chi connectivity index (χ0) is 20.1. The number of nitrogens with one attached hydrogen (secondary N) is 1. The molecule has 28 heavy (non-hydrogen) atoms. The molecule has 4 rings (SSSR count). The largest absolute Gasteiger partial charge is 0.494 e. The van der Waals surface area contributed by atoms with Gasteiger partial charge in [-0.05, 0) is 18.3 Å². The van der Waals surface area contributed by atoms with E-state index in [-0.39, 0.29) is 22.9 Å². The third kappa shape index (κ3) is 3.35. The molecule has 0 unspecified atom stereocenters. The maximum atomic E-state index is 13.0. The van der Waals surface area contributed by atoms with Crippen LogP contribution in [0, 0.1) is 5.41 Å². The highest BCUT2D eigenvalue weighted by Gasteiger charge is 2.30. The van der Waals surface area contributed by atoms with Crippen LogP contribution in [-0.4, -0.2) is 41.2 Å². The van der Waals surface area contributed by atoms with Gasteiger partial charge in [0.05, 0.1) is 6.20 Å². The Hall–Kier alpha value is -3.23. The van der Waals surface area contributed by atoms with Crippen molar-refractivity contribution in [2.24, 2.45) is 5.41 Å². The lowest BCUT2D eigenvalue weighted by Crippen LogP contribution is -2.35. The van der Waals surface area contributed by atoms with Crippen molar-refractivity contribution >= 4 is 11.6 Å². The van der Waals surface area contributed by atoms with Gasteiger partial charge in [0.25, 0.3) is 11.5 Å². The Morgan fingerprint density at radius 1 is 1.29 bits per heavy atom. The van der Waals surface area contributed by atoms with Crippen molar-refractivity contribution in [2.75, 3.05) is 0 Å². The second-order valence-electron chi connectivity index (χ2n) is 8.29. The second-order valence-corrected chi connectivity index (χ2v) is 8.29. The minimum Gasteiger partial charge on any atom is -0.494 e. The average molecular weight is 382 g/mol. The van der Waals surface area contributed by atoms with Gasteiger partial charge in [-0.2, -0.15) is 9.61 Å². The summed E-state index contributed by atoms with van der Waals surface area (Å²) in [5, 5.41) is 18.0. The number of hydrogen-bond donors (Lipinski definition) is 2. The molecule has 0 bridgehead atoms. The number of carbonyl (C=O) groups excluding carboxylic acids is 1. The Morgan fingerprint density at radius 2 is 2.04 bits per heavy atom. The molecule has 0 spiro atoms. The molecule has 3 heterocycles. The molecule has 3 aromatic heterocycles. The van der Waals surface area contributed by atoms with Crippen LogP contribution >= 0.6 is 0 Å². The maximum absolute atomic E-state index is 13.0. The molecule has 3 aromatic rings. The molecule has 1 aliphatic carbocycles. The normalized spacial score (nSPS) is 14.4. The Balaban J connectivity index is 1.95. The van der Waals surface area contributed by atoms with Gasteiger partial charge in [0.15, 0.2) is 5.56 Å². The summed E-state index contributed by atoms with van der Waals surface area (Å²) in [5.74, 6) is -0.928. The molecule has 1 amide bonds. The van der Waals surface area contributed by atoms with Gasteiger partial charge in [-0.1, -0.05) is 20.8 Å². The van der Waals surface area contributed by atoms with E-state index in [1.54, 1.807) is 23.0 Å². The van der Waals surface area contributed by atoms with Crippen LogP contribution in [0.3, 0.4) is 0 Å². The van der Waals surface area contributed by atoms with Gasteiger partial charge in [-0.15, -0.1) is 0 Å². The van der Waals surface area contributed by atoms with E-state index < -0.39 is 11.5 Å². The molecule has 0 radical (unpaired) electrons. The molecule has 2 N–H and O–H groups in total. The van der Waals surface area contributed by atoms with Gasteiger partial charge in [0.1, 0.15) is 17.0 Å². The minimum absolute atomic E-state index is 0.0610. The first-order valence-electron chi connectivity index (χ1n) is 9.17. The summed E-state index contributed by atoms with van der Waals surface area (Å²) in [4.78, 5) is 33.9. The molecule has 1 saturated carbocycles. The topological polar surface area (TPSA) is 114 Å². The van der Waals surface area contributed by atoms with E-state index >= 15 is 0 Å². The summed E-state index contributed by atoms with van der Waals surface area (Å²) in [6.07, 6.45) is 6.38. The van der Waals surface area contributed by atoms with Crippen LogP contribution in [0.1, 0.15) is 44.0 Å². The smallest absolute Gasteiger partial charge is 0.291 e. The molecule has 0 aliphatic heterocycles. The van der Waals surface area contributed by atoms with Crippen molar-refractivity contribution in [1.82, 2.24) is 29.5 Å². The number of fused-ring (bicyclic) bond motifs is 1. The molecule has 9 nitrogen and oxygen atoms in total. The van der Waals surface area contributed by atoms with Crippen molar-refractivity contribution < 1.29 is 9.90 Å². The fourth-order valence-electron chi connectivity index (χ4n) is 3.03. The third-order valence-electron chi connectivity index (χ3n) is 4.45. The highest BCUT2D eigenvalue weighted by atomic mass is 16.3. The van der Waals surface area contributed by atoms with Crippen LogP contribution in [-0.2, 0) is 6.54 Å². The number of amides is 1. The standard InChI is InChI=1S/C19H22N6O3/c1-19(2,3)10-24-14-8-12(13-9-20-6-7-21-13)23-25(14)18(28)15(17(24)27)16(26)22-11-4-5-11/h6-9,11,27H,4-5,10H2,1-3H3,(H,22,26). The zero-order valence-electron chi connectivity index (χ0n) is 16.0. The SMILES string of the molecule is CC(C)(C)Cn1c(O)c(C(=O)NC2CC2)c(=O)n2nc(-c3cnccn3)cc12. The Kier molecular flexibility index (Phi) is 4.17. The summed E-state index contributed by atoms with van der Waals surface area (Å²) in [7, 11) is 0. The van der Waals surface area contributed by atoms with Gasteiger partial charge in [-0.3, -0.25) is 24.1 Å². The van der Waals surface area contributed by atoms with E-state index in [1.807, 2.05) is 20.8 Å². The van der Waals surface area contributed by atoms with Crippen LogP contribution in [0.25, 0.3) is 17.0 Å². The zero-order valence-corrected chi connectivity index (χ0v) is 16.0. The molecule has 1 aliphatic rings. The lowest BCUT2D eigenvalue weighted by atomic mass is 9.96. The van der Waals surface area contributed by atoms with Crippen LogP contribution in [0.15, 0.2) is 29.5 Å². The molecule has 1 fully saturated rings. The summed E-state index contributed by atoms with van der Waals surface area (Å²) >= 11 is 0. The van der Waals surface area contributed by atoms with Crippen molar-refractivity contribution in [2.45, 2.75) is 46.2 Å². The van der Waals surface area contributed by atoms with E-state index in [9.17, 15) is 14.7 Å². The molecule has 0 aromatic carbocycles. The molecule has 9 heteroatoms. The number of hydrogen-bond acceptors (Lipinski definition) is 6.